The molecule has 0 spiro atoms. The third-order valence-corrected chi connectivity index (χ3v) is 3.08. The van der Waals surface area contributed by atoms with Crippen molar-refractivity contribution in [1.29, 1.82) is 0 Å². The van der Waals surface area contributed by atoms with E-state index in [0.29, 0.717) is 12.2 Å². The first kappa shape index (κ1) is 13.3. The second-order valence-corrected chi connectivity index (χ2v) is 4.80. The van der Waals surface area contributed by atoms with Gasteiger partial charge in [-0.05, 0) is 18.4 Å². The van der Waals surface area contributed by atoms with Crippen LogP contribution in [0.1, 0.15) is 21.1 Å². The SMILES string of the molecule is Cc1cc(C(=O)OCC(=O)NCc2cccs2)on1. The second kappa shape index (κ2) is 6.14. The van der Waals surface area contributed by atoms with Crippen molar-refractivity contribution in [3.05, 3.63) is 39.9 Å². The number of hydrogen-bond donors (Lipinski definition) is 1. The van der Waals surface area contributed by atoms with Gasteiger partial charge in [-0.25, -0.2) is 4.79 Å². The van der Waals surface area contributed by atoms with Gasteiger partial charge in [0.25, 0.3) is 5.91 Å². The molecular formula is C12H12N2O4S. The van der Waals surface area contributed by atoms with Crippen molar-refractivity contribution in [3.63, 3.8) is 0 Å². The van der Waals surface area contributed by atoms with E-state index in [1.54, 1.807) is 18.3 Å². The van der Waals surface area contributed by atoms with Gasteiger partial charge in [0.1, 0.15) is 0 Å². The lowest BCUT2D eigenvalue weighted by atomic mass is 10.4. The van der Waals surface area contributed by atoms with Crippen molar-refractivity contribution in [2.75, 3.05) is 6.61 Å². The lowest BCUT2D eigenvalue weighted by molar-refractivity contribution is -0.124. The van der Waals surface area contributed by atoms with Crippen LogP contribution < -0.4 is 5.32 Å². The minimum absolute atomic E-state index is 0.0106. The quantitative estimate of drug-likeness (QED) is 0.840. The summed E-state index contributed by atoms with van der Waals surface area (Å²) in [7, 11) is 0. The summed E-state index contributed by atoms with van der Waals surface area (Å²) in [4.78, 5) is 23.9. The average molecular weight is 280 g/mol. The molecule has 0 aliphatic rings. The van der Waals surface area contributed by atoms with E-state index in [-0.39, 0.29) is 18.3 Å². The number of carbonyl (C=O) groups is 2. The lowest BCUT2D eigenvalue weighted by Gasteiger charge is -2.03. The number of aromatic nitrogens is 1. The van der Waals surface area contributed by atoms with Crippen LogP contribution in [0.2, 0.25) is 0 Å². The normalized spacial score (nSPS) is 10.2. The standard InChI is InChI=1S/C12H12N2O4S/c1-8-5-10(18-14-8)12(16)17-7-11(15)13-6-9-3-2-4-19-9/h2-5H,6-7H2,1H3,(H,13,15). The number of carbonyl (C=O) groups excluding carboxylic acids is 2. The summed E-state index contributed by atoms with van der Waals surface area (Å²) in [5.74, 6) is -1.08. The van der Waals surface area contributed by atoms with Crippen molar-refractivity contribution in [2.24, 2.45) is 0 Å². The molecule has 1 N–H and O–H groups in total. The smallest absolute Gasteiger partial charge is 0.377 e. The van der Waals surface area contributed by atoms with Gasteiger partial charge in [0.2, 0.25) is 5.76 Å². The summed E-state index contributed by atoms with van der Waals surface area (Å²) in [5, 5.41) is 8.13. The van der Waals surface area contributed by atoms with Crippen LogP contribution in [-0.2, 0) is 16.1 Å². The molecule has 0 radical (unpaired) electrons. The molecule has 0 atom stereocenters. The summed E-state index contributed by atoms with van der Waals surface area (Å²) in [6, 6.07) is 5.26. The molecule has 2 heterocycles. The predicted molar refractivity (Wildman–Crippen MR) is 67.7 cm³/mol. The number of rotatable bonds is 5. The van der Waals surface area contributed by atoms with Crippen LogP contribution in [0.4, 0.5) is 0 Å². The maximum Gasteiger partial charge on any atom is 0.377 e. The highest BCUT2D eigenvalue weighted by Crippen LogP contribution is 2.07. The number of esters is 1. The fourth-order valence-electron chi connectivity index (χ4n) is 1.31. The Labute approximate surface area is 113 Å². The number of nitrogens with zero attached hydrogens (tertiary/aromatic N) is 1. The largest absolute Gasteiger partial charge is 0.450 e. The highest BCUT2D eigenvalue weighted by molar-refractivity contribution is 7.09. The average Bonchev–Trinajstić information content (AvgIpc) is 3.04. The minimum atomic E-state index is -0.702. The van der Waals surface area contributed by atoms with Crippen LogP contribution >= 0.6 is 11.3 Å². The number of aryl methyl sites for hydroxylation is 1. The highest BCUT2D eigenvalue weighted by atomic mass is 32.1. The van der Waals surface area contributed by atoms with Gasteiger partial charge in [-0.3, -0.25) is 4.79 Å². The zero-order valence-corrected chi connectivity index (χ0v) is 11.0. The number of nitrogens with one attached hydrogen (secondary N) is 1. The van der Waals surface area contributed by atoms with E-state index in [1.165, 1.54) is 6.07 Å². The molecule has 7 heteroatoms. The Morgan fingerprint density at radius 1 is 1.53 bits per heavy atom. The first-order valence-electron chi connectivity index (χ1n) is 5.54. The fraction of sp³-hybridized carbons (Fsp3) is 0.250. The summed E-state index contributed by atoms with van der Waals surface area (Å²) in [6.45, 7) is 1.77. The van der Waals surface area contributed by atoms with Gasteiger partial charge in [0, 0.05) is 10.9 Å². The molecule has 19 heavy (non-hydrogen) atoms. The molecule has 1 amide bonds. The Hall–Kier alpha value is -2.15. The zero-order valence-electron chi connectivity index (χ0n) is 10.2. The van der Waals surface area contributed by atoms with Crippen molar-refractivity contribution in [2.45, 2.75) is 13.5 Å². The molecule has 2 aromatic heterocycles. The molecule has 0 aliphatic carbocycles. The van der Waals surface area contributed by atoms with E-state index in [1.807, 2.05) is 17.5 Å². The molecule has 2 aromatic rings. The van der Waals surface area contributed by atoms with Gasteiger partial charge < -0.3 is 14.6 Å². The molecule has 6 nitrogen and oxygen atoms in total. The Kier molecular flexibility index (Phi) is 4.30. The Balaban J connectivity index is 1.73. The minimum Gasteiger partial charge on any atom is -0.450 e. The molecular weight excluding hydrogens is 268 g/mol. The lowest BCUT2D eigenvalue weighted by Crippen LogP contribution is -2.28. The molecule has 0 fully saturated rings. The number of hydrogen-bond acceptors (Lipinski definition) is 6. The number of amides is 1. The van der Waals surface area contributed by atoms with E-state index in [2.05, 4.69) is 10.5 Å². The Morgan fingerprint density at radius 2 is 2.37 bits per heavy atom. The van der Waals surface area contributed by atoms with Crippen LogP contribution in [0.15, 0.2) is 28.1 Å². The van der Waals surface area contributed by atoms with E-state index < -0.39 is 5.97 Å². The van der Waals surface area contributed by atoms with Crippen LogP contribution in [0, 0.1) is 6.92 Å². The van der Waals surface area contributed by atoms with Crippen LogP contribution in [0.25, 0.3) is 0 Å². The molecule has 0 aliphatic heterocycles. The molecule has 0 saturated heterocycles. The topological polar surface area (TPSA) is 81.4 Å². The van der Waals surface area contributed by atoms with Gasteiger partial charge in [0.05, 0.1) is 12.2 Å². The highest BCUT2D eigenvalue weighted by Gasteiger charge is 2.14. The number of ether oxygens (including phenoxy) is 1. The van der Waals surface area contributed by atoms with Gasteiger partial charge >= 0.3 is 5.97 Å². The third kappa shape index (κ3) is 3.92. The second-order valence-electron chi connectivity index (χ2n) is 3.76. The van der Waals surface area contributed by atoms with Crippen molar-refractivity contribution in [3.8, 4) is 0 Å². The zero-order chi connectivity index (χ0) is 13.7. The molecule has 0 unspecified atom stereocenters. The van der Waals surface area contributed by atoms with Crippen molar-refractivity contribution < 1.29 is 18.8 Å². The molecule has 0 saturated carbocycles. The van der Waals surface area contributed by atoms with Gasteiger partial charge in [0.15, 0.2) is 6.61 Å². The maximum atomic E-state index is 11.5. The maximum absolute atomic E-state index is 11.5. The van der Waals surface area contributed by atoms with Crippen LogP contribution in [0.5, 0.6) is 0 Å². The predicted octanol–water partition coefficient (Wildman–Crippen LogP) is 1.52. The third-order valence-electron chi connectivity index (χ3n) is 2.20. The summed E-state index contributed by atoms with van der Waals surface area (Å²) >= 11 is 1.54. The van der Waals surface area contributed by atoms with Crippen molar-refractivity contribution in [1.82, 2.24) is 10.5 Å². The van der Waals surface area contributed by atoms with E-state index in [0.717, 1.165) is 4.88 Å². The molecule has 100 valence electrons. The van der Waals surface area contributed by atoms with Crippen LogP contribution in [0.3, 0.4) is 0 Å². The van der Waals surface area contributed by atoms with Gasteiger partial charge in [-0.15, -0.1) is 11.3 Å². The summed E-state index contributed by atoms with van der Waals surface area (Å²) in [6.07, 6.45) is 0. The fourth-order valence-corrected chi connectivity index (χ4v) is 1.96. The van der Waals surface area contributed by atoms with E-state index >= 15 is 0 Å². The number of thiophene rings is 1. The van der Waals surface area contributed by atoms with Crippen LogP contribution in [-0.4, -0.2) is 23.6 Å². The van der Waals surface area contributed by atoms with Gasteiger partial charge in [-0.1, -0.05) is 11.2 Å². The summed E-state index contributed by atoms with van der Waals surface area (Å²) < 4.78 is 9.51. The van der Waals surface area contributed by atoms with Gasteiger partial charge in [-0.2, -0.15) is 0 Å². The molecule has 2 rings (SSSR count). The molecule has 0 bridgehead atoms. The monoisotopic (exact) mass is 280 g/mol. The first-order chi connectivity index (χ1) is 9.15. The Bertz CT molecular complexity index is 562. The van der Waals surface area contributed by atoms with E-state index in [9.17, 15) is 9.59 Å². The van der Waals surface area contributed by atoms with Crippen molar-refractivity contribution >= 4 is 23.2 Å². The Morgan fingerprint density at radius 3 is 3.00 bits per heavy atom. The summed E-state index contributed by atoms with van der Waals surface area (Å²) in [5.41, 5.74) is 0.578. The first-order valence-corrected chi connectivity index (χ1v) is 6.42. The molecule has 0 aromatic carbocycles. The van der Waals surface area contributed by atoms with E-state index in [4.69, 9.17) is 9.26 Å².